The van der Waals surface area contributed by atoms with Crippen LogP contribution in [0.1, 0.15) is 12.5 Å². The van der Waals surface area contributed by atoms with E-state index in [0.29, 0.717) is 12.2 Å². The van der Waals surface area contributed by atoms with Crippen molar-refractivity contribution in [3.05, 3.63) is 17.8 Å². The van der Waals surface area contributed by atoms with Gasteiger partial charge < -0.3 is 15.8 Å². The average molecular weight is 195 g/mol. The van der Waals surface area contributed by atoms with Crippen molar-refractivity contribution in [3.63, 3.8) is 0 Å². The second-order valence-electron chi connectivity index (χ2n) is 3.32. The van der Waals surface area contributed by atoms with Gasteiger partial charge in [0.05, 0.1) is 11.8 Å². The van der Waals surface area contributed by atoms with Crippen molar-refractivity contribution in [2.75, 3.05) is 24.7 Å². The molecule has 0 amide bonds. The number of aryl methyl sites for hydroxylation is 1. The molecule has 0 aliphatic rings. The van der Waals surface area contributed by atoms with E-state index in [-0.39, 0.29) is 6.10 Å². The fourth-order valence-electron chi connectivity index (χ4n) is 1.03. The number of ether oxygens (including phenoxy) is 1. The van der Waals surface area contributed by atoms with Crippen LogP contribution in [0.3, 0.4) is 0 Å². The molecule has 0 aliphatic heterocycles. The number of hydrogen-bond donors (Lipinski definition) is 2. The third kappa shape index (κ3) is 2.60. The van der Waals surface area contributed by atoms with E-state index < -0.39 is 0 Å². The first-order chi connectivity index (χ1) is 6.65. The molecule has 78 valence electrons. The highest BCUT2D eigenvalue weighted by Gasteiger charge is 2.04. The molecule has 1 rings (SSSR count). The molecule has 0 bridgehead atoms. The van der Waals surface area contributed by atoms with Gasteiger partial charge in [-0.25, -0.2) is 4.98 Å². The summed E-state index contributed by atoms with van der Waals surface area (Å²) in [5, 5.41) is 3.14. The molecule has 0 saturated heterocycles. The molecule has 0 aliphatic carbocycles. The van der Waals surface area contributed by atoms with Gasteiger partial charge >= 0.3 is 0 Å². The lowest BCUT2D eigenvalue weighted by Gasteiger charge is -2.13. The van der Waals surface area contributed by atoms with Crippen LogP contribution < -0.4 is 11.1 Å². The Morgan fingerprint density at radius 1 is 1.64 bits per heavy atom. The van der Waals surface area contributed by atoms with Crippen LogP contribution in [0.2, 0.25) is 0 Å². The second kappa shape index (κ2) is 4.81. The molecule has 4 heteroatoms. The van der Waals surface area contributed by atoms with Crippen molar-refractivity contribution >= 4 is 11.5 Å². The summed E-state index contributed by atoms with van der Waals surface area (Å²) in [6, 6.07) is 1.89. The minimum absolute atomic E-state index is 0.150. The maximum Gasteiger partial charge on any atom is 0.149 e. The van der Waals surface area contributed by atoms with Crippen molar-refractivity contribution in [1.82, 2.24) is 4.98 Å². The Morgan fingerprint density at radius 2 is 2.36 bits per heavy atom. The number of methoxy groups -OCH3 is 1. The zero-order valence-corrected chi connectivity index (χ0v) is 8.87. The number of nitrogens with zero attached hydrogens (tertiary/aromatic N) is 1. The van der Waals surface area contributed by atoms with Crippen LogP contribution in [0, 0.1) is 6.92 Å². The lowest BCUT2D eigenvalue weighted by atomic mass is 10.2. The number of aromatic nitrogens is 1. The Kier molecular flexibility index (Phi) is 3.71. The fraction of sp³-hybridized carbons (Fsp3) is 0.500. The fourth-order valence-corrected chi connectivity index (χ4v) is 1.03. The summed E-state index contributed by atoms with van der Waals surface area (Å²) in [4.78, 5) is 4.15. The number of nitrogens with two attached hydrogens (primary N) is 1. The molecule has 3 N–H and O–H groups in total. The predicted octanol–water partition coefficient (Wildman–Crippen LogP) is 1.42. The molecule has 1 aromatic heterocycles. The van der Waals surface area contributed by atoms with Gasteiger partial charge in [-0.2, -0.15) is 0 Å². The largest absolute Gasteiger partial charge is 0.396 e. The van der Waals surface area contributed by atoms with E-state index in [4.69, 9.17) is 10.5 Å². The third-order valence-corrected chi connectivity index (χ3v) is 2.17. The normalized spacial score (nSPS) is 12.5. The van der Waals surface area contributed by atoms with Gasteiger partial charge in [0.25, 0.3) is 0 Å². The Morgan fingerprint density at radius 3 is 3.00 bits per heavy atom. The first-order valence-corrected chi connectivity index (χ1v) is 4.63. The Labute approximate surface area is 84.5 Å². The van der Waals surface area contributed by atoms with Crippen LogP contribution >= 0.6 is 0 Å². The van der Waals surface area contributed by atoms with Gasteiger partial charge in [-0.3, -0.25) is 0 Å². The number of hydrogen-bond acceptors (Lipinski definition) is 4. The smallest absolute Gasteiger partial charge is 0.149 e. The molecule has 1 aromatic rings. The Hall–Kier alpha value is -1.29. The van der Waals surface area contributed by atoms with E-state index in [0.717, 1.165) is 11.4 Å². The zero-order chi connectivity index (χ0) is 10.6. The molecular weight excluding hydrogens is 178 g/mol. The lowest BCUT2D eigenvalue weighted by Crippen LogP contribution is -2.19. The van der Waals surface area contributed by atoms with Gasteiger partial charge in [-0.1, -0.05) is 0 Å². The molecule has 4 nitrogen and oxygen atoms in total. The number of nitrogens with one attached hydrogen (secondary N) is 1. The van der Waals surface area contributed by atoms with Crippen LogP contribution in [0.25, 0.3) is 0 Å². The van der Waals surface area contributed by atoms with Crippen LogP contribution in [0.15, 0.2) is 12.3 Å². The van der Waals surface area contributed by atoms with Gasteiger partial charge in [0, 0.05) is 19.9 Å². The molecule has 0 aromatic carbocycles. The maximum atomic E-state index is 5.84. The molecule has 1 unspecified atom stereocenters. The highest BCUT2D eigenvalue weighted by Crippen LogP contribution is 2.18. The summed E-state index contributed by atoms with van der Waals surface area (Å²) in [6.45, 7) is 4.65. The zero-order valence-electron chi connectivity index (χ0n) is 8.87. The Balaban J connectivity index is 2.63. The highest BCUT2D eigenvalue weighted by molar-refractivity contribution is 5.64. The molecule has 0 fully saturated rings. The van der Waals surface area contributed by atoms with E-state index >= 15 is 0 Å². The first kappa shape index (κ1) is 10.8. The molecule has 1 atom stereocenters. The summed E-state index contributed by atoms with van der Waals surface area (Å²) < 4.78 is 5.11. The summed E-state index contributed by atoms with van der Waals surface area (Å²) in [5.41, 5.74) is 7.58. The Bertz CT molecular complexity index is 301. The van der Waals surface area contributed by atoms with Gasteiger partial charge in [0.15, 0.2) is 0 Å². The van der Waals surface area contributed by atoms with Gasteiger partial charge in [-0.05, 0) is 25.5 Å². The highest BCUT2D eigenvalue weighted by atomic mass is 16.5. The molecular formula is C10H17N3O. The summed E-state index contributed by atoms with van der Waals surface area (Å²) in [7, 11) is 1.68. The minimum Gasteiger partial charge on any atom is -0.396 e. The van der Waals surface area contributed by atoms with Crippen LogP contribution in [0.5, 0.6) is 0 Å². The van der Waals surface area contributed by atoms with E-state index in [1.54, 1.807) is 13.3 Å². The van der Waals surface area contributed by atoms with E-state index in [1.165, 1.54) is 0 Å². The van der Waals surface area contributed by atoms with Crippen LogP contribution in [0.4, 0.5) is 11.5 Å². The van der Waals surface area contributed by atoms with Crippen molar-refractivity contribution in [3.8, 4) is 0 Å². The molecule has 0 saturated carbocycles. The molecule has 1 heterocycles. The van der Waals surface area contributed by atoms with Crippen LogP contribution in [-0.2, 0) is 4.74 Å². The monoisotopic (exact) mass is 195 g/mol. The topological polar surface area (TPSA) is 60.2 Å². The SMILES string of the molecule is COC(C)CNc1nccc(C)c1N. The van der Waals surface area contributed by atoms with Crippen molar-refractivity contribution < 1.29 is 4.74 Å². The molecule has 0 radical (unpaired) electrons. The minimum atomic E-state index is 0.150. The standard InChI is InChI=1S/C10H17N3O/c1-7-4-5-12-10(9(7)11)13-6-8(2)14-3/h4-5,8H,6,11H2,1-3H3,(H,12,13). The lowest BCUT2D eigenvalue weighted by molar-refractivity contribution is 0.128. The van der Waals surface area contributed by atoms with Gasteiger partial charge in [0.2, 0.25) is 0 Å². The van der Waals surface area contributed by atoms with Gasteiger partial charge in [0.1, 0.15) is 5.82 Å². The predicted molar refractivity (Wildman–Crippen MR) is 58.3 cm³/mol. The van der Waals surface area contributed by atoms with Crippen LogP contribution in [-0.4, -0.2) is 24.7 Å². The van der Waals surface area contributed by atoms with E-state index in [2.05, 4.69) is 10.3 Å². The average Bonchev–Trinajstić information content (AvgIpc) is 2.20. The molecule has 0 spiro atoms. The quantitative estimate of drug-likeness (QED) is 0.762. The molecule has 14 heavy (non-hydrogen) atoms. The third-order valence-electron chi connectivity index (χ3n) is 2.17. The maximum absolute atomic E-state index is 5.84. The summed E-state index contributed by atoms with van der Waals surface area (Å²) >= 11 is 0. The van der Waals surface area contributed by atoms with Crippen molar-refractivity contribution in [2.45, 2.75) is 20.0 Å². The van der Waals surface area contributed by atoms with Gasteiger partial charge in [-0.15, -0.1) is 0 Å². The van der Waals surface area contributed by atoms with E-state index in [9.17, 15) is 0 Å². The van der Waals surface area contributed by atoms with Crippen molar-refractivity contribution in [2.24, 2.45) is 0 Å². The first-order valence-electron chi connectivity index (χ1n) is 4.63. The number of pyridine rings is 1. The van der Waals surface area contributed by atoms with E-state index in [1.807, 2.05) is 19.9 Å². The summed E-state index contributed by atoms with van der Waals surface area (Å²) in [6.07, 6.45) is 1.89. The van der Waals surface area contributed by atoms with Crippen molar-refractivity contribution in [1.29, 1.82) is 0 Å². The second-order valence-corrected chi connectivity index (χ2v) is 3.32. The number of nitrogen functional groups attached to an aromatic ring is 1. The number of rotatable bonds is 4. The summed E-state index contributed by atoms with van der Waals surface area (Å²) in [5.74, 6) is 0.730. The number of anilines is 2.